The Kier molecular flexibility index (Phi) is 3.53. The predicted octanol–water partition coefficient (Wildman–Crippen LogP) is 0.913. The maximum atomic E-state index is 12.4. The Morgan fingerprint density at radius 2 is 1.95 bits per heavy atom. The second-order valence-corrected chi connectivity index (χ2v) is 5.81. The Morgan fingerprint density at radius 3 is 2.60 bits per heavy atom. The van der Waals surface area contributed by atoms with Crippen LogP contribution in [-0.2, 0) is 0 Å². The summed E-state index contributed by atoms with van der Waals surface area (Å²) in [6.07, 6.45) is 2.19. The van der Waals surface area contributed by atoms with Crippen LogP contribution in [0.5, 0.6) is 0 Å². The summed E-state index contributed by atoms with van der Waals surface area (Å²) in [5.41, 5.74) is 8.21. The summed E-state index contributed by atoms with van der Waals surface area (Å²) in [7, 11) is 2.13. The topological polar surface area (TPSA) is 61.6 Å². The minimum Gasteiger partial charge on any atom is -0.399 e. The molecule has 2 fully saturated rings. The van der Waals surface area contributed by atoms with Crippen molar-refractivity contribution < 1.29 is 4.79 Å². The Bertz CT molecular complexity index is 505. The minimum atomic E-state index is 0.00808. The van der Waals surface area contributed by atoms with E-state index in [-0.39, 0.29) is 5.91 Å². The first-order valence-electron chi connectivity index (χ1n) is 7.27. The van der Waals surface area contributed by atoms with Crippen molar-refractivity contribution in [1.29, 1.82) is 0 Å². The van der Waals surface area contributed by atoms with E-state index in [4.69, 9.17) is 5.73 Å². The summed E-state index contributed by atoms with van der Waals surface area (Å²) >= 11 is 0. The molecule has 1 aromatic carbocycles. The number of nitrogens with one attached hydrogen (secondary N) is 1. The highest BCUT2D eigenvalue weighted by molar-refractivity contribution is 6.01. The van der Waals surface area contributed by atoms with Crippen LogP contribution < -0.4 is 16.0 Å². The van der Waals surface area contributed by atoms with Gasteiger partial charge in [0.05, 0.1) is 5.56 Å². The highest BCUT2D eigenvalue weighted by Crippen LogP contribution is 2.26. The summed E-state index contributed by atoms with van der Waals surface area (Å²) in [6, 6.07) is 6.01. The summed E-state index contributed by atoms with van der Waals surface area (Å²) in [4.78, 5) is 17.0. The number of hydrogen-bond acceptors (Lipinski definition) is 4. The average Bonchev–Trinajstić information content (AvgIpc) is 3.24. The van der Waals surface area contributed by atoms with Crippen LogP contribution in [0.2, 0.25) is 0 Å². The van der Waals surface area contributed by atoms with Gasteiger partial charge in [-0.15, -0.1) is 0 Å². The lowest BCUT2D eigenvalue weighted by Crippen LogP contribution is -2.45. The highest BCUT2D eigenvalue weighted by atomic mass is 16.1. The van der Waals surface area contributed by atoms with Crippen molar-refractivity contribution >= 4 is 17.3 Å². The van der Waals surface area contributed by atoms with Gasteiger partial charge in [0.15, 0.2) is 0 Å². The molecule has 0 spiro atoms. The molecule has 1 heterocycles. The fraction of sp³-hybridized carbons (Fsp3) is 0.533. The quantitative estimate of drug-likeness (QED) is 0.804. The Labute approximate surface area is 119 Å². The molecule has 0 atom stereocenters. The fourth-order valence-corrected chi connectivity index (χ4v) is 2.55. The van der Waals surface area contributed by atoms with Crippen LogP contribution in [0.3, 0.4) is 0 Å². The number of nitrogens with zero attached hydrogens (tertiary/aromatic N) is 2. The summed E-state index contributed by atoms with van der Waals surface area (Å²) < 4.78 is 0. The monoisotopic (exact) mass is 274 g/mol. The number of likely N-dealkylation sites (N-methyl/N-ethyl adjacent to an activating group) is 1. The van der Waals surface area contributed by atoms with Gasteiger partial charge >= 0.3 is 0 Å². The number of nitrogens with two attached hydrogens (primary N) is 1. The number of rotatable bonds is 3. The molecule has 1 saturated carbocycles. The van der Waals surface area contributed by atoms with Crippen molar-refractivity contribution in [2.75, 3.05) is 43.9 Å². The van der Waals surface area contributed by atoms with Gasteiger partial charge in [0, 0.05) is 43.6 Å². The first-order valence-corrected chi connectivity index (χ1v) is 7.27. The first-order chi connectivity index (χ1) is 9.63. The van der Waals surface area contributed by atoms with Crippen molar-refractivity contribution in [2.24, 2.45) is 0 Å². The molecular weight excluding hydrogens is 252 g/mol. The second kappa shape index (κ2) is 5.32. The zero-order valence-corrected chi connectivity index (χ0v) is 11.9. The van der Waals surface area contributed by atoms with E-state index in [1.807, 2.05) is 12.1 Å². The van der Waals surface area contributed by atoms with Crippen LogP contribution in [0.15, 0.2) is 18.2 Å². The second-order valence-electron chi connectivity index (χ2n) is 5.81. The van der Waals surface area contributed by atoms with E-state index in [0.717, 1.165) is 44.7 Å². The number of carbonyl (C=O) groups is 1. The van der Waals surface area contributed by atoms with E-state index in [9.17, 15) is 4.79 Å². The van der Waals surface area contributed by atoms with Crippen LogP contribution in [0.1, 0.15) is 23.2 Å². The van der Waals surface area contributed by atoms with E-state index >= 15 is 0 Å². The van der Waals surface area contributed by atoms with Crippen molar-refractivity contribution in [3.05, 3.63) is 23.8 Å². The number of nitrogen functional groups attached to an aromatic ring is 1. The molecule has 2 aliphatic rings. The smallest absolute Gasteiger partial charge is 0.253 e. The molecule has 1 saturated heterocycles. The number of benzene rings is 1. The van der Waals surface area contributed by atoms with Crippen molar-refractivity contribution in [3.63, 3.8) is 0 Å². The van der Waals surface area contributed by atoms with Gasteiger partial charge < -0.3 is 20.9 Å². The van der Waals surface area contributed by atoms with Crippen LogP contribution >= 0.6 is 0 Å². The number of hydrogen-bond donors (Lipinski definition) is 2. The third-order valence-electron chi connectivity index (χ3n) is 4.02. The molecule has 5 heteroatoms. The Hall–Kier alpha value is -1.75. The van der Waals surface area contributed by atoms with Gasteiger partial charge in [-0.05, 0) is 38.1 Å². The standard InChI is InChI=1S/C15H22N4O/c1-18-6-8-19(9-7-18)14-5-2-11(16)10-13(14)15(20)17-12-3-4-12/h2,5,10,12H,3-4,6-9,16H2,1H3,(H,17,20). The van der Waals surface area contributed by atoms with E-state index in [0.29, 0.717) is 17.3 Å². The van der Waals surface area contributed by atoms with Gasteiger partial charge in [-0.25, -0.2) is 0 Å². The molecular formula is C15H22N4O. The zero-order valence-electron chi connectivity index (χ0n) is 11.9. The van der Waals surface area contributed by atoms with Crippen LogP contribution in [0.4, 0.5) is 11.4 Å². The van der Waals surface area contributed by atoms with Crippen LogP contribution in [0.25, 0.3) is 0 Å². The molecule has 1 aliphatic carbocycles. The number of piperazine rings is 1. The number of carbonyl (C=O) groups excluding carboxylic acids is 1. The van der Waals surface area contributed by atoms with Crippen LogP contribution in [-0.4, -0.2) is 50.1 Å². The molecule has 108 valence electrons. The maximum absolute atomic E-state index is 12.4. The number of anilines is 2. The Balaban J connectivity index is 1.83. The minimum absolute atomic E-state index is 0.00808. The first kappa shape index (κ1) is 13.2. The average molecular weight is 274 g/mol. The van der Waals surface area contributed by atoms with E-state index in [1.54, 1.807) is 6.07 Å². The molecule has 0 bridgehead atoms. The van der Waals surface area contributed by atoms with E-state index < -0.39 is 0 Å². The third kappa shape index (κ3) is 2.88. The number of amides is 1. The molecule has 0 radical (unpaired) electrons. The lowest BCUT2D eigenvalue weighted by Gasteiger charge is -2.35. The van der Waals surface area contributed by atoms with E-state index in [2.05, 4.69) is 22.2 Å². The molecule has 20 heavy (non-hydrogen) atoms. The normalized spacial score (nSPS) is 19.9. The lowest BCUT2D eigenvalue weighted by atomic mass is 10.1. The van der Waals surface area contributed by atoms with Crippen molar-refractivity contribution in [1.82, 2.24) is 10.2 Å². The van der Waals surface area contributed by atoms with Gasteiger partial charge in [-0.3, -0.25) is 4.79 Å². The largest absolute Gasteiger partial charge is 0.399 e. The Morgan fingerprint density at radius 1 is 1.25 bits per heavy atom. The van der Waals surface area contributed by atoms with Gasteiger partial charge in [0.25, 0.3) is 5.91 Å². The van der Waals surface area contributed by atoms with Gasteiger partial charge in [-0.2, -0.15) is 0 Å². The molecule has 0 aromatic heterocycles. The van der Waals surface area contributed by atoms with Crippen LogP contribution in [0, 0.1) is 0 Å². The summed E-state index contributed by atoms with van der Waals surface area (Å²) in [5, 5.41) is 3.05. The SMILES string of the molecule is CN1CCN(c2ccc(N)cc2C(=O)NC2CC2)CC1. The highest BCUT2D eigenvalue weighted by Gasteiger charge is 2.26. The van der Waals surface area contributed by atoms with E-state index in [1.165, 1.54) is 0 Å². The summed E-state index contributed by atoms with van der Waals surface area (Å²) in [5.74, 6) is 0.00808. The molecule has 1 aliphatic heterocycles. The summed E-state index contributed by atoms with van der Waals surface area (Å²) in [6.45, 7) is 3.94. The predicted molar refractivity (Wildman–Crippen MR) is 81.1 cm³/mol. The van der Waals surface area contributed by atoms with Gasteiger partial charge in [-0.1, -0.05) is 0 Å². The maximum Gasteiger partial charge on any atom is 0.253 e. The molecule has 3 rings (SSSR count). The molecule has 0 unspecified atom stereocenters. The van der Waals surface area contributed by atoms with Gasteiger partial charge in [0.1, 0.15) is 0 Å². The molecule has 1 amide bonds. The van der Waals surface area contributed by atoms with Crippen molar-refractivity contribution in [3.8, 4) is 0 Å². The van der Waals surface area contributed by atoms with Crippen molar-refractivity contribution in [2.45, 2.75) is 18.9 Å². The third-order valence-corrected chi connectivity index (χ3v) is 4.02. The molecule has 3 N–H and O–H groups in total. The molecule has 5 nitrogen and oxygen atoms in total. The molecule has 1 aromatic rings. The fourth-order valence-electron chi connectivity index (χ4n) is 2.55. The lowest BCUT2D eigenvalue weighted by molar-refractivity contribution is 0.0951. The van der Waals surface area contributed by atoms with Gasteiger partial charge in [0.2, 0.25) is 0 Å². The zero-order chi connectivity index (χ0) is 14.1.